The zero-order valence-electron chi connectivity index (χ0n) is 14.1. The Morgan fingerprint density at radius 1 is 1.37 bits per heavy atom. The number of aliphatic hydroxyl groups excluding tert-OH is 1. The van der Waals surface area contributed by atoms with E-state index in [-0.39, 0.29) is 24.0 Å². The Kier molecular flexibility index (Phi) is 6.85. The van der Waals surface area contributed by atoms with E-state index in [1.165, 1.54) is 30.3 Å². The number of nitrogens with two attached hydrogens (primary N) is 1. The van der Waals surface area contributed by atoms with Gasteiger partial charge in [-0.3, -0.25) is 4.79 Å². The number of carbonyl (C=O) groups excluding carboxylic acids is 1. The molecule has 0 aliphatic carbocycles. The van der Waals surface area contributed by atoms with Crippen LogP contribution in [0.15, 0.2) is 40.9 Å². The second-order valence-electron chi connectivity index (χ2n) is 5.68. The third kappa shape index (κ3) is 6.23. The van der Waals surface area contributed by atoms with E-state index in [1.807, 2.05) is 0 Å². The molecule has 2 rings (SSSR count). The Morgan fingerprint density at radius 3 is 2.52 bits per heavy atom. The molecule has 0 spiro atoms. The van der Waals surface area contributed by atoms with Crippen LogP contribution in [0.2, 0.25) is 0 Å². The molecule has 146 valence electrons. The van der Waals surface area contributed by atoms with Crippen LogP contribution in [0.25, 0.3) is 0 Å². The Hall–Kier alpha value is -2.10. The van der Waals surface area contributed by atoms with Gasteiger partial charge in [0.05, 0.1) is 18.0 Å². The summed E-state index contributed by atoms with van der Waals surface area (Å²) in [5, 5.41) is 14.8. The summed E-state index contributed by atoms with van der Waals surface area (Å²) in [7, 11) is 0. The molecule has 1 atom stereocenters. The molecule has 0 aliphatic heterocycles. The van der Waals surface area contributed by atoms with Crippen LogP contribution in [-0.4, -0.2) is 29.2 Å². The predicted molar refractivity (Wildman–Crippen MR) is 105 cm³/mol. The summed E-state index contributed by atoms with van der Waals surface area (Å²) in [5.41, 5.74) is 3.72. The number of anilines is 3. The minimum absolute atomic E-state index is 0.0799. The number of halogens is 4. The lowest BCUT2D eigenvalue weighted by Gasteiger charge is -2.17. The molecule has 1 amide bonds. The number of alkyl halides is 3. The Morgan fingerprint density at radius 2 is 2.00 bits per heavy atom. The summed E-state index contributed by atoms with van der Waals surface area (Å²) >= 11 is 8.04. The van der Waals surface area contributed by atoms with Crippen molar-refractivity contribution in [3.8, 4) is 5.75 Å². The smallest absolute Gasteiger partial charge is 0.420 e. The number of aliphatic hydroxyl groups is 1. The average Bonchev–Trinajstić information content (AvgIpc) is 2.58. The summed E-state index contributed by atoms with van der Waals surface area (Å²) in [6, 6.07) is 8.13. The molecular weight excluding hydrogens is 448 g/mol. The molecule has 0 fully saturated rings. The highest BCUT2D eigenvalue weighted by Gasteiger charge is 2.27. The Labute approximate surface area is 167 Å². The third-order valence-electron chi connectivity index (χ3n) is 3.39. The molecule has 0 aliphatic rings. The van der Waals surface area contributed by atoms with Crippen molar-refractivity contribution >= 4 is 50.5 Å². The van der Waals surface area contributed by atoms with Crippen molar-refractivity contribution in [2.24, 2.45) is 0 Å². The van der Waals surface area contributed by atoms with E-state index < -0.39 is 11.5 Å². The van der Waals surface area contributed by atoms with Crippen molar-refractivity contribution in [1.82, 2.24) is 0 Å². The van der Waals surface area contributed by atoms with Crippen molar-refractivity contribution in [1.29, 1.82) is 0 Å². The normalized spacial score (nSPS) is 12.4. The topological polar surface area (TPSA) is 96.6 Å². The van der Waals surface area contributed by atoms with E-state index in [2.05, 4.69) is 31.3 Å². The summed E-state index contributed by atoms with van der Waals surface area (Å²) in [6.07, 6.45) is 0. The number of hydrogen-bond donors (Lipinski definition) is 4. The van der Waals surface area contributed by atoms with Crippen LogP contribution in [0, 0.1) is 0 Å². The van der Waals surface area contributed by atoms with Crippen LogP contribution in [0.1, 0.15) is 17.3 Å². The molecule has 0 aromatic heterocycles. The number of hydrogen-bond acceptors (Lipinski definition) is 5. The van der Waals surface area contributed by atoms with Gasteiger partial charge >= 0.3 is 5.57 Å². The summed E-state index contributed by atoms with van der Waals surface area (Å²) < 4.78 is 29.9. The average molecular weight is 465 g/mol. The quantitative estimate of drug-likeness (QED) is 0.363. The molecule has 2 aromatic carbocycles. The van der Waals surface area contributed by atoms with E-state index in [1.54, 1.807) is 13.0 Å². The number of rotatable bonds is 7. The zero-order chi connectivity index (χ0) is 20.2. The van der Waals surface area contributed by atoms with Crippen LogP contribution in [0.5, 0.6) is 5.75 Å². The van der Waals surface area contributed by atoms with Crippen molar-refractivity contribution in [3.63, 3.8) is 0 Å². The third-order valence-corrected chi connectivity index (χ3v) is 4.10. The van der Waals surface area contributed by atoms with Gasteiger partial charge in [0.1, 0.15) is 5.75 Å². The molecule has 0 heterocycles. The molecule has 0 radical (unpaired) electrons. The number of amides is 1. The van der Waals surface area contributed by atoms with Gasteiger partial charge in [0.25, 0.3) is 5.91 Å². The van der Waals surface area contributed by atoms with Gasteiger partial charge in [-0.25, -0.2) is 0 Å². The lowest BCUT2D eigenvalue weighted by molar-refractivity contribution is -0.0964. The van der Waals surface area contributed by atoms with E-state index in [9.17, 15) is 13.6 Å². The maximum absolute atomic E-state index is 12.6. The van der Waals surface area contributed by atoms with Gasteiger partial charge in [-0.15, -0.1) is 8.78 Å². The highest BCUT2D eigenvalue weighted by atomic mass is 79.9. The number of benzene rings is 2. The predicted octanol–water partition coefficient (Wildman–Crippen LogP) is 4.24. The summed E-state index contributed by atoms with van der Waals surface area (Å²) in [6.45, 7) is 1.70. The number of ether oxygens (including phenoxy) is 1. The fourth-order valence-corrected chi connectivity index (χ4v) is 2.83. The number of nitrogen functional groups attached to an aromatic ring is 1. The fourth-order valence-electron chi connectivity index (χ4n) is 2.15. The second kappa shape index (κ2) is 8.73. The van der Waals surface area contributed by atoms with Gasteiger partial charge in [-0.05, 0) is 59.3 Å². The molecule has 27 heavy (non-hydrogen) atoms. The van der Waals surface area contributed by atoms with E-state index in [0.717, 1.165) is 0 Å². The lowest BCUT2D eigenvalue weighted by atomic mass is 10.1. The first-order valence-electron chi connectivity index (χ1n) is 7.72. The van der Waals surface area contributed by atoms with E-state index in [0.29, 0.717) is 21.5 Å². The van der Waals surface area contributed by atoms with Gasteiger partial charge in [-0.2, -0.15) is 0 Å². The van der Waals surface area contributed by atoms with Crippen molar-refractivity contribution in [2.45, 2.75) is 18.5 Å². The van der Waals surface area contributed by atoms with Crippen LogP contribution >= 0.6 is 27.5 Å². The monoisotopic (exact) mass is 463 g/mol. The highest BCUT2D eigenvalue weighted by molar-refractivity contribution is 9.10. The molecule has 10 heteroatoms. The number of nitrogens with one attached hydrogen (secondary N) is 2. The minimum Gasteiger partial charge on any atom is -0.420 e. The van der Waals surface area contributed by atoms with Gasteiger partial charge in [-0.1, -0.05) is 0 Å². The van der Waals surface area contributed by atoms with Crippen molar-refractivity contribution in [3.05, 3.63) is 46.4 Å². The van der Waals surface area contributed by atoms with Gasteiger partial charge < -0.3 is 26.2 Å². The van der Waals surface area contributed by atoms with E-state index >= 15 is 0 Å². The molecule has 6 nitrogen and oxygen atoms in total. The van der Waals surface area contributed by atoms with Crippen molar-refractivity contribution < 1.29 is 23.4 Å². The van der Waals surface area contributed by atoms with Crippen LogP contribution in [-0.2, 0) is 0 Å². The molecular formula is C17H17BrClF2N3O3. The zero-order valence-corrected chi connectivity index (χ0v) is 16.4. The lowest BCUT2D eigenvalue weighted by Crippen LogP contribution is -2.21. The maximum atomic E-state index is 12.6. The van der Waals surface area contributed by atoms with Crippen LogP contribution in [0.3, 0.4) is 0 Å². The molecule has 0 saturated heterocycles. The minimum atomic E-state index is -3.81. The Bertz CT molecular complexity index is 793. The van der Waals surface area contributed by atoms with Gasteiger partial charge in [0.2, 0.25) is 0 Å². The standard InChI is InChI=1S/C17H17BrClF2N3O3/c1-9(8-25)23-15-13(18)6-10(7-14(15)22)16(26)24-11-2-4-12(5-3-11)27-17(19,20)21/h2-7,9,23,25H,8,22H2,1H3,(H,24,26). The van der Waals surface area contributed by atoms with E-state index in [4.69, 9.17) is 22.4 Å². The maximum Gasteiger partial charge on any atom is 0.487 e. The summed E-state index contributed by atoms with van der Waals surface area (Å²) in [5.74, 6) is -0.589. The molecule has 0 saturated carbocycles. The first-order chi connectivity index (χ1) is 12.6. The van der Waals surface area contributed by atoms with Crippen LogP contribution in [0.4, 0.5) is 25.8 Å². The highest BCUT2D eigenvalue weighted by Crippen LogP contribution is 2.31. The summed E-state index contributed by atoms with van der Waals surface area (Å²) in [4.78, 5) is 12.4. The van der Waals surface area contributed by atoms with Gasteiger partial charge in [0, 0.05) is 33.4 Å². The SMILES string of the molecule is CC(CO)Nc1c(N)cc(C(=O)Nc2ccc(OC(F)(F)Cl)cc2)cc1Br. The number of carbonyl (C=O) groups is 1. The van der Waals surface area contributed by atoms with Crippen LogP contribution < -0.4 is 21.1 Å². The van der Waals surface area contributed by atoms with Gasteiger partial charge in [0.15, 0.2) is 0 Å². The molecule has 2 aromatic rings. The van der Waals surface area contributed by atoms with Crippen molar-refractivity contribution in [2.75, 3.05) is 23.0 Å². The first kappa shape index (κ1) is 21.2. The largest absolute Gasteiger partial charge is 0.487 e. The molecule has 0 bridgehead atoms. The molecule has 5 N–H and O–H groups in total. The fraction of sp³-hybridized carbons (Fsp3) is 0.235. The molecule has 1 unspecified atom stereocenters. The second-order valence-corrected chi connectivity index (χ2v) is 6.97. The Balaban J connectivity index is 2.12. The first-order valence-corrected chi connectivity index (χ1v) is 8.89.